The first kappa shape index (κ1) is 23.3. The molecule has 0 radical (unpaired) electrons. The smallest absolute Gasteiger partial charge is 0.259 e. The number of anilines is 5. The van der Waals surface area contributed by atoms with Gasteiger partial charge in [-0.25, -0.2) is 4.98 Å². The molecule has 0 spiro atoms. The highest BCUT2D eigenvalue weighted by molar-refractivity contribution is 6.10. The fraction of sp³-hybridized carbons (Fsp3) is 0.400. The number of nitrogens with one attached hydrogen (secondary N) is 1. The van der Waals surface area contributed by atoms with E-state index in [0.717, 1.165) is 36.5 Å². The number of aryl methyl sites for hydroxylation is 1. The van der Waals surface area contributed by atoms with Gasteiger partial charge >= 0.3 is 0 Å². The van der Waals surface area contributed by atoms with Crippen molar-refractivity contribution >= 4 is 34.7 Å². The first-order valence-corrected chi connectivity index (χ1v) is 11.2. The van der Waals surface area contributed by atoms with Crippen molar-refractivity contribution in [3.63, 3.8) is 0 Å². The van der Waals surface area contributed by atoms with E-state index >= 15 is 0 Å². The number of fused-ring (bicyclic) bond motifs is 1. The average molecular weight is 435 g/mol. The Morgan fingerprint density at radius 1 is 1.16 bits per heavy atom. The monoisotopic (exact) mass is 434 g/mol. The Bertz CT molecular complexity index is 1060. The standard InChI is InChI=1S/C25H34N6O/c1-8-11-20-18(5)29(6)23-22(30(7)24(20)32)16-26-25(28-23)27-21-13-12-19(15-17(21)4)31(10-3)14-9-2/h8,11-13,15-16H,9-10,14H2,1-7H3,(H,26,27,28)/b11-8-. The van der Waals surface area contributed by atoms with E-state index < -0.39 is 0 Å². The molecule has 7 heteroatoms. The zero-order valence-electron chi connectivity index (χ0n) is 20.2. The maximum absolute atomic E-state index is 12.9. The number of rotatable bonds is 7. The molecule has 0 atom stereocenters. The number of allylic oxidation sites excluding steroid dienone is 2. The molecule has 0 aliphatic carbocycles. The van der Waals surface area contributed by atoms with E-state index in [2.05, 4.69) is 54.2 Å². The second kappa shape index (κ2) is 9.85. The van der Waals surface area contributed by atoms with Gasteiger partial charge in [0.1, 0.15) is 5.69 Å². The number of benzene rings is 1. The lowest BCUT2D eigenvalue weighted by Crippen LogP contribution is -2.27. The van der Waals surface area contributed by atoms with E-state index in [1.165, 1.54) is 5.69 Å². The lowest BCUT2D eigenvalue weighted by molar-refractivity contribution is -0.114. The van der Waals surface area contributed by atoms with Crippen LogP contribution in [0.5, 0.6) is 0 Å². The fourth-order valence-corrected chi connectivity index (χ4v) is 3.90. The normalized spacial score (nSPS) is 14.2. The summed E-state index contributed by atoms with van der Waals surface area (Å²) in [6.45, 7) is 12.3. The molecule has 1 aliphatic heterocycles. The lowest BCUT2D eigenvalue weighted by atomic mass is 10.1. The maximum Gasteiger partial charge on any atom is 0.259 e. The molecule has 1 aliphatic rings. The van der Waals surface area contributed by atoms with Crippen LogP contribution in [0.2, 0.25) is 0 Å². The summed E-state index contributed by atoms with van der Waals surface area (Å²) in [6, 6.07) is 6.40. The van der Waals surface area contributed by atoms with Crippen LogP contribution in [-0.2, 0) is 4.79 Å². The molecule has 170 valence electrons. The molecule has 7 nitrogen and oxygen atoms in total. The summed E-state index contributed by atoms with van der Waals surface area (Å²) in [5, 5.41) is 3.36. The summed E-state index contributed by atoms with van der Waals surface area (Å²) in [5.74, 6) is 1.11. The SMILES string of the molecule is C/C=C\C1=C(C)N(C)c2nc(Nc3ccc(N(CC)CCC)cc3C)ncc2N(C)C1=O. The Balaban J connectivity index is 1.94. The summed E-state index contributed by atoms with van der Waals surface area (Å²) < 4.78 is 0. The van der Waals surface area contributed by atoms with Crippen LogP contribution in [0.15, 0.2) is 47.8 Å². The van der Waals surface area contributed by atoms with E-state index in [1.54, 1.807) is 18.1 Å². The van der Waals surface area contributed by atoms with Crippen LogP contribution in [0.25, 0.3) is 0 Å². The highest BCUT2D eigenvalue weighted by Crippen LogP contribution is 2.34. The first-order valence-electron chi connectivity index (χ1n) is 11.2. The first-order chi connectivity index (χ1) is 15.3. The van der Waals surface area contributed by atoms with Crippen LogP contribution in [0.3, 0.4) is 0 Å². The number of likely N-dealkylation sites (N-methyl/N-ethyl adjacent to an activating group) is 1. The molecule has 1 aromatic carbocycles. The van der Waals surface area contributed by atoms with Gasteiger partial charge in [-0.3, -0.25) is 4.79 Å². The summed E-state index contributed by atoms with van der Waals surface area (Å²) in [5.41, 5.74) is 5.47. The van der Waals surface area contributed by atoms with Gasteiger partial charge in [-0.15, -0.1) is 0 Å². The van der Waals surface area contributed by atoms with Crippen LogP contribution in [0.4, 0.5) is 28.8 Å². The van der Waals surface area contributed by atoms with Crippen LogP contribution < -0.4 is 20.0 Å². The Hall–Kier alpha value is -3.35. The van der Waals surface area contributed by atoms with E-state index in [9.17, 15) is 4.79 Å². The molecule has 1 N–H and O–H groups in total. The highest BCUT2D eigenvalue weighted by atomic mass is 16.2. The minimum Gasteiger partial charge on any atom is -0.372 e. The van der Waals surface area contributed by atoms with Gasteiger partial charge in [0.15, 0.2) is 5.82 Å². The van der Waals surface area contributed by atoms with Crippen molar-refractivity contribution in [1.29, 1.82) is 0 Å². The number of hydrogen-bond acceptors (Lipinski definition) is 6. The minimum absolute atomic E-state index is 0.0745. The van der Waals surface area contributed by atoms with Gasteiger partial charge in [-0.1, -0.05) is 19.1 Å². The third-order valence-electron chi connectivity index (χ3n) is 5.89. The Kier molecular flexibility index (Phi) is 7.18. The lowest BCUT2D eigenvalue weighted by Gasteiger charge is -2.24. The van der Waals surface area contributed by atoms with E-state index in [-0.39, 0.29) is 5.91 Å². The Morgan fingerprint density at radius 2 is 1.91 bits per heavy atom. The summed E-state index contributed by atoms with van der Waals surface area (Å²) in [6.07, 6.45) is 6.53. The van der Waals surface area contributed by atoms with Crippen molar-refractivity contribution in [2.45, 2.75) is 41.0 Å². The maximum atomic E-state index is 12.9. The minimum atomic E-state index is -0.0745. The molecule has 0 unspecified atom stereocenters. The van der Waals surface area contributed by atoms with Gasteiger partial charge in [0.25, 0.3) is 5.91 Å². The van der Waals surface area contributed by atoms with Crippen molar-refractivity contribution in [1.82, 2.24) is 9.97 Å². The number of hydrogen-bond donors (Lipinski definition) is 1. The molecular weight excluding hydrogens is 400 g/mol. The van der Waals surface area contributed by atoms with Crippen molar-refractivity contribution in [3.05, 3.63) is 53.4 Å². The van der Waals surface area contributed by atoms with Gasteiger partial charge in [0.2, 0.25) is 5.95 Å². The molecule has 3 rings (SSSR count). The zero-order chi connectivity index (χ0) is 23.4. The summed E-state index contributed by atoms with van der Waals surface area (Å²) >= 11 is 0. The predicted octanol–water partition coefficient (Wildman–Crippen LogP) is 5.03. The molecule has 32 heavy (non-hydrogen) atoms. The van der Waals surface area contributed by atoms with Crippen LogP contribution in [0, 0.1) is 6.92 Å². The number of carbonyl (C=O) groups is 1. The largest absolute Gasteiger partial charge is 0.372 e. The van der Waals surface area contributed by atoms with Gasteiger partial charge in [-0.2, -0.15) is 4.98 Å². The van der Waals surface area contributed by atoms with Crippen molar-refractivity contribution in [2.75, 3.05) is 47.2 Å². The molecule has 0 saturated heterocycles. The highest BCUT2D eigenvalue weighted by Gasteiger charge is 2.28. The van der Waals surface area contributed by atoms with E-state index in [0.29, 0.717) is 23.0 Å². The van der Waals surface area contributed by atoms with Gasteiger partial charge in [0.05, 0.1) is 11.8 Å². The molecule has 1 aromatic heterocycles. The van der Waals surface area contributed by atoms with Crippen LogP contribution >= 0.6 is 0 Å². The number of aromatic nitrogens is 2. The quantitative estimate of drug-likeness (QED) is 0.660. The van der Waals surface area contributed by atoms with E-state index in [1.807, 2.05) is 37.9 Å². The third-order valence-corrected chi connectivity index (χ3v) is 5.89. The van der Waals surface area contributed by atoms with Crippen LogP contribution in [-0.4, -0.2) is 43.1 Å². The molecule has 1 amide bonds. The van der Waals surface area contributed by atoms with Gasteiger partial charge < -0.3 is 20.0 Å². The molecule has 0 fully saturated rings. The van der Waals surface area contributed by atoms with E-state index in [4.69, 9.17) is 4.98 Å². The third kappa shape index (κ3) is 4.47. The predicted molar refractivity (Wildman–Crippen MR) is 134 cm³/mol. The Labute approximate surface area is 191 Å². The second-order valence-corrected chi connectivity index (χ2v) is 8.03. The Morgan fingerprint density at radius 3 is 2.53 bits per heavy atom. The topological polar surface area (TPSA) is 64.6 Å². The summed E-state index contributed by atoms with van der Waals surface area (Å²) in [7, 11) is 3.68. The second-order valence-electron chi connectivity index (χ2n) is 8.03. The fourth-order valence-electron chi connectivity index (χ4n) is 3.90. The van der Waals surface area contributed by atoms with Gasteiger partial charge in [-0.05, 0) is 57.9 Å². The average Bonchev–Trinajstić information content (AvgIpc) is 2.85. The molecule has 0 saturated carbocycles. The van der Waals surface area contributed by atoms with Crippen molar-refractivity contribution < 1.29 is 4.79 Å². The molecule has 2 aromatic rings. The van der Waals surface area contributed by atoms with Crippen molar-refractivity contribution in [2.24, 2.45) is 0 Å². The molecule has 2 heterocycles. The molecular formula is C25H34N6O. The number of amides is 1. The molecule has 0 bridgehead atoms. The summed E-state index contributed by atoms with van der Waals surface area (Å²) in [4.78, 5) is 28.1. The van der Waals surface area contributed by atoms with Gasteiger partial charge in [0, 0.05) is 44.3 Å². The van der Waals surface area contributed by atoms with Crippen molar-refractivity contribution in [3.8, 4) is 0 Å². The number of carbonyl (C=O) groups excluding carboxylic acids is 1. The number of nitrogens with zero attached hydrogens (tertiary/aromatic N) is 5. The zero-order valence-corrected chi connectivity index (χ0v) is 20.2. The van der Waals surface area contributed by atoms with Crippen LogP contribution in [0.1, 0.15) is 39.7 Å².